The van der Waals surface area contributed by atoms with Gasteiger partial charge in [0.1, 0.15) is 11.7 Å². The fourth-order valence-electron chi connectivity index (χ4n) is 1.74. The summed E-state index contributed by atoms with van der Waals surface area (Å²) >= 11 is 0. The molecule has 6 nitrogen and oxygen atoms in total. The van der Waals surface area contributed by atoms with Gasteiger partial charge in [-0.1, -0.05) is 0 Å². The van der Waals surface area contributed by atoms with E-state index in [1.165, 1.54) is 19.2 Å². The largest absolute Gasteiger partial charge is 0.465 e. The summed E-state index contributed by atoms with van der Waals surface area (Å²) in [7, 11) is 1.10. The summed E-state index contributed by atoms with van der Waals surface area (Å²) in [6.07, 6.45) is 1.01. The summed E-state index contributed by atoms with van der Waals surface area (Å²) < 4.78 is 23.4. The van der Waals surface area contributed by atoms with Crippen molar-refractivity contribution in [3.63, 3.8) is 0 Å². The number of nitrogens with zero attached hydrogens (tertiary/aromatic N) is 1. The maximum atomic E-state index is 14.2. The fourth-order valence-corrected chi connectivity index (χ4v) is 1.74. The second-order valence-corrected chi connectivity index (χ2v) is 4.24. The minimum atomic E-state index is -1.12. The van der Waals surface area contributed by atoms with Gasteiger partial charge in [-0.3, -0.25) is 9.59 Å². The molecule has 0 spiro atoms. The van der Waals surface area contributed by atoms with Crippen LogP contribution >= 0.6 is 0 Å². The first-order valence-corrected chi connectivity index (χ1v) is 6.31. The number of carbonyl (C=O) groups is 3. The van der Waals surface area contributed by atoms with E-state index in [2.05, 4.69) is 9.72 Å². The van der Waals surface area contributed by atoms with Crippen molar-refractivity contribution in [2.24, 2.45) is 5.92 Å². The quantitative estimate of drug-likeness (QED) is 0.581. The van der Waals surface area contributed by atoms with E-state index in [4.69, 9.17) is 4.74 Å². The molecule has 7 heteroatoms. The first kappa shape index (κ1) is 16.7. The van der Waals surface area contributed by atoms with Gasteiger partial charge in [0, 0.05) is 6.20 Å². The first-order valence-electron chi connectivity index (χ1n) is 6.31. The number of aromatic nitrogens is 1. The average molecular weight is 297 g/mol. The third-order valence-corrected chi connectivity index (χ3v) is 2.83. The molecule has 0 bridgehead atoms. The number of hydrogen-bond acceptors (Lipinski definition) is 6. The molecule has 0 saturated heterocycles. The number of esters is 2. The van der Waals surface area contributed by atoms with Crippen LogP contribution in [-0.4, -0.2) is 36.4 Å². The van der Waals surface area contributed by atoms with Gasteiger partial charge in [0.05, 0.1) is 13.7 Å². The van der Waals surface area contributed by atoms with Crippen molar-refractivity contribution < 1.29 is 28.2 Å². The molecule has 114 valence electrons. The Balaban J connectivity index is 3.07. The average Bonchev–Trinajstić information content (AvgIpc) is 2.45. The molecule has 1 atom stereocenters. The Morgan fingerprint density at radius 3 is 2.57 bits per heavy atom. The first-order chi connectivity index (χ1) is 9.92. The molecule has 0 saturated carbocycles. The van der Waals surface area contributed by atoms with Crippen LogP contribution in [0.4, 0.5) is 4.39 Å². The molecule has 0 aliphatic rings. The van der Waals surface area contributed by atoms with Crippen LogP contribution in [0, 0.1) is 11.7 Å². The van der Waals surface area contributed by atoms with Gasteiger partial charge in [0.15, 0.2) is 11.5 Å². The number of hydrogen-bond donors (Lipinski definition) is 0. The minimum Gasteiger partial charge on any atom is -0.465 e. The van der Waals surface area contributed by atoms with Gasteiger partial charge >= 0.3 is 11.9 Å². The number of carbonyl (C=O) groups excluding carboxylic acids is 3. The second kappa shape index (κ2) is 7.47. The molecule has 1 unspecified atom stereocenters. The molecule has 0 aromatic carbocycles. The van der Waals surface area contributed by atoms with Gasteiger partial charge in [-0.2, -0.15) is 0 Å². The SMILES string of the molecule is CCOC(=O)C(Cc1ccnc(C(=O)OC)c1F)C(C)=O. The highest BCUT2D eigenvalue weighted by Gasteiger charge is 2.27. The molecular weight excluding hydrogens is 281 g/mol. The van der Waals surface area contributed by atoms with Gasteiger partial charge in [-0.05, 0) is 31.9 Å². The zero-order valence-corrected chi connectivity index (χ0v) is 12.0. The highest BCUT2D eigenvalue weighted by molar-refractivity contribution is 5.98. The maximum Gasteiger partial charge on any atom is 0.359 e. The third kappa shape index (κ3) is 4.08. The van der Waals surface area contributed by atoms with Crippen molar-refractivity contribution in [3.05, 3.63) is 29.3 Å². The molecule has 0 radical (unpaired) electrons. The number of halogens is 1. The van der Waals surface area contributed by atoms with Crippen molar-refractivity contribution in [2.75, 3.05) is 13.7 Å². The summed E-state index contributed by atoms with van der Waals surface area (Å²) in [6.45, 7) is 2.95. The van der Waals surface area contributed by atoms with E-state index >= 15 is 0 Å². The lowest BCUT2D eigenvalue weighted by Crippen LogP contribution is -2.27. The summed E-state index contributed by atoms with van der Waals surface area (Å²) in [5.41, 5.74) is -0.459. The molecule has 21 heavy (non-hydrogen) atoms. The predicted octanol–water partition coefficient (Wildman–Crippen LogP) is 1.32. The molecule has 1 rings (SSSR count). The van der Waals surface area contributed by atoms with Crippen molar-refractivity contribution in [1.29, 1.82) is 0 Å². The van der Waals surface area contributed by atoms with Crippen molar-refractivity contribution >= 4 is 17.7 Å². The van der Waals surface area contributed by atoms with Crippen LogP contribution in [0.2, 0.25) is 0 Å². The van der Waals surface area contributed by atoms with Crippen molar-refractivity contribution in [1.82, 2.24) is 4.98 Å². The summed E-state index contributed by atoms with van der Waals surface area (Å²) in [6, 6.07) is 1.30. The van der Waals surface area contributed by atoms with Gasteiger partial charge < -0.3 is 9.47 Å². The Morgan fingerprint density at radius 1 is 1.38 bits per heavy atom. The van der Waals surface area contributed by atoms with E-state index in [1.54, 1.807) is 6.92 Å². The molecule has 0 amide bonds. The van der Waals surface area contributed by atoms with E-state index in [1.807, 2.05) is 0 Å². The maximum absolute atomic E-state index is 14.2. The Hall–Kier alpha value is -2.31. The monoisotopic (exact) mass is 297 g/mol. The van der Waals surface area contributed by atoms with E-state index < -0.39 is 35.2 Å². The molecule has 0 fully saturated rings. The highest BCUT2D eigenvalue weighted by Crippen LogP contribution is 2.17. The lowest BCUT2D eigenvalue weighted by Gasteiger charge is -2.13. The van der Waals surface area contributed by atoms with Gasteiger partial charge in [-0.15, -0.1) is 0 Å². The summed E-state index contributed by atoms with van der Waals surface area (Å²) in [5, 5.41) is 0. The van der Waals surface area contributed by atoms with E-state index in [-0.39, 0.29) is 18.6 Å². The lowest BCUT2D eigenvalue weighted by molar-refractivity contribution is -0.151. The van der Waals surface area contributed by atoms with Crippen LogP contribution in [0.5, 0.6) is 0 Å². The molecule has 1 aromatic rings. The molecular formula is C14H16FNO5. The Morgan fingerprint density at radius 2 is 2.05 bits per heavy atom. The molecule has 0 N–H and O–H groups in total. The Labute approximate surface area is 121 Å². The summed E-state index contributed by atoms with van der Waals surface area (Å²) in [5.74, 6) is -4.11. The topological polar surface area (TPSA) is 82.6 Å². The smallest absolute Gasteiger partial charge is 0.359 e. The molecule has 1 aromatic heterocycles. The lowest BCUT2D eigenvalue weighted by atomic mass is 9.95. The number of ether oxygens (including phenoxy) is 2. The van der Waals surface area contributed by atoms with Crippen molar-refractivity contribution in [3.8, 4) is 0 Å². The van der Waals surface area contributed by atoms with E-state index in [0.717, 1.165) is 7.11 Å². The molecule has 0 aliphatic carbocycles. The third-order valence-electron chi connectivity index (χ3n) is 2.83. The Bertz CT molecular complexity index is 558. The number of rotatable bonds is 6. The number of methoxy groups -OCH3 is 1. The number of pyridine rings is 1. The zero-order chi connectivity index (χ0) is 16.0. The standard InChI is InChI=1S/C14H16FNO5/c1-4-21-13(18)10(8(2)17)7-9-5-6-16-12(11(9)15)14(19)20-3/h5-6,10H,4,7H2,1-3H3. The van der Waals surface area contributed by atoms with E-state index in [9.17, 15) is 18.8 Å². The van der Waals surface area contributed by atoms with Crippen LogP contribution in [0.25, 0.3) is 0 Å². The van der Waals surface area contributed by atoms with Crippen LogP contribution in [0.15, 0.2) is 12.3 Å². The van der Waals surface area contributed by atoms with Crippen LogP contribution in [0.3, 0.4) is 0 Å². The second-order valence-electron chi connectivity index (χ2n) is 4.24. The van der Waals surface area contributed by atoms with Crippen LogP contribution in [0.1, 0.15) is 29.9 Å². The van der Waals surface area contributed by atoms with Crippen LogP contribution in [-0.2, 0) is 25.5 Å². The molecule has 0 aliphatic heterocycles. The van der Waals surface area contributed by atoms with E-state index in [0.29, 0.717) is 0 Å². The normalized spacial score (nSPS) is 11.6. The predicted molar refractivity (Wildman–Crippen MR) is 70.0 cm³/mol. The highest BCUT2D eigenvalue weighted by atomic mass is 19.1. The van der Waals surface area contributed by atoms with Crippen molar-refractivity contribution in [2.45, 2.75) is 20.3 Å². The fraction of sp³-hybridized carbons (Fsp3) is 0.429. The minimum absolute atomic E-state index is 0.0265. The van der Waals surface area contributed by atoms with Gasteiger partial charge in [0.2, 0.25) is 0 Å². The van der Waals surface area contributed by atoms with Crippen LogP contribution < -0.4 is 0 Å². The molecule has 1 heterocycles. The number of Topliss-reactive ketones (excluding diaryl/α,β-unsaturated/α-hetero) is 1. The summed E-state index contributed by atoms with van der Waals surface area (Å²) in [4.78, 5) is 38.2. The zero-order valence-electron chi connectivity index (χ0n) is 12.0. The van der Waals surface area contributed by atoms with Gasteiger partial charge in [-0.25, -0.2) is 14.2 Å². The van der Waals surface area contributed by atoms with Gasteiger partial charge in [0.25, 0.3) is 0 Å². The number of ketones is 1. The Kier molecular flexibility index (Phi) is 5.95.